The number of rotatable bonds is 6. The van der Waals surface area contributed by atoms with Gasteiger partial charge in [0.1, 0.15) is 17.5 Å². The van der Waals surface area contributed by atoms with Crippen molar-refractivity contribution in [3.63, 3.8) is 0 Å². The highest BCUT2D eigenvalue weighted by molar-refractivity contribution is 5.71. The van der Waals surface area contributed by atoms with Crippen molar-refractivity contribution >= 4 is 0 Å². The summed E-state index contributed by atoms with van der Waals surface area (Å²) in [6, 6.07) is 24.0. The third-order valence-corrected chi connectivity index (χ3v) is 6.38. The van der Waals surface area contributed by atoms with Crippen LogP contribution in [0.2, 0.25) is 0 Å². The fourth-order valence-electron chi connectivity index (χ4n) is 4.36. The van der Waals surface area contributed by atoms with E-state index in [9.17, 15) is 0 Å². The number of nitrogens with one attached hydrogen (secondary N) is 3. The largest absolute Gasteiger partial charge is 0.345 e. The van der Waals surface area contributed by atoms with Crippen LogP contribution >= 0.6 is 0 Å². The molecule has 3 N–H and O–H groups in total. The Hall–Kier alpha value is -5.70. The zero-order chi connectivity index (χ0) is 26.0. The van der Waals surface area contributed by atoms with Crippen molar-refractivity contribution < 1.29 is 0 Å². The molecule has 4 aromatic heterocycles. The molecule has 9 heteroatoms. The van der Waals surface area contributed by atoms with Gasteiger partial charge in [-0.3, -0.25) is 0 Å². The maximum atomic E-state index is 4.86. The van der Waals surface area contributed by atoms with Crippen LogP contribution in [0, 0.1) is 0 Å². The highest BCUT2D eigenvalue weighted by Gasteiger charge is 2.14. The maximum absolute atomic E-state index is 4.86. The van der Waals surface area contributed by atoms with E-state index >= 15 is 0 Å². The molecule has 0 bridgehead atoms. The normalized spacial score (nSPS) is 11.1. The number of hydrogen-bond acceptors (Lipinski definition) is 6. The summed E-state index contributed by atoms with van der Waals surface area (Å²) < 4.78 is 0. The van der Waals surface area contributed by atoms with Gasteiger partial charge in [0.15, 0.2) is 17.5 Å². The molecule has 3 aromatic carbocycles. The number of hydrogen-bond donors (Lipinski definition) is 3. The van der Waals surface area contributed by atoms with Gasteiger partial charge in [-0.15, -0.1) is 0 Å². The molecule has 39 heavy (non-hydrogen) atoms. The van der Waals surface area contributed by atoms with Crippen LogP contribution in [0.3, 0.4) is 0 Å². The predicted octanol–water partition coefficient (Wildman–Crippen LogP) is 6.04. The van der Waals surface area contributed by atoms with Crippen LogP contribution < -0.4 is 0 Å². The van der Waals surface area contributed by atoms with Crippen molar-refractivity contribution in [3.8, 4) is 68.3 Å². The molecule has 186 valence electrons. The van der Waals surface area contributed by atoms with E-state index in [2.05, 4.69) is 29.9 Å². The molecule has 7 aromatic rings. The van der Waals surface area contributed by atoms with Gasteiger partial charge >= 0.3 is 0 Å². The van der Waals surface area contributed by atoms with Gasteiger partial charge in [-0.05, 0) is 0 Å². The molecule has 0 aliphatic heterocycles. The minimum absolute atomic E-state index is 0.589. The lowest BCUT2D eigenvalue weighted by molar-refractivity contribution is 1.07. The Balaban J connectivity index is 1.30. The molecule has 0 spiro atoms. The Morgan fingerprint density at radius 3 is 0.821 bits per heavy atom. The number of H-pyrrole nitrogens is 3. The molecule has 0 saturated heterocycles. The summed E-state index contributed by atoms with van der Waals surface area (Å²) in [7, 11) is 0. The van der Waals surface area contributed by atoms with E-state index in [1.54, 1.807) is 18.6 Å². The molecule has 0 unspecified atom stereocenters. The second-order valence-corrected chi connectivity index (χ2v) is 8.85. The number of aromatic amines is 3. The van der Waals surface area contributed by atoms with Crippen LogP contribution in [0.1, 0.15) is 0 Å². The highest BCUT2D eigenvalue weighted by atomic mass is 15.0. The van der Waals surface area contributed by atoms with E-state index in [1.807, 2.05) is 91.4 Å². The average Bonchev–Trinajstić information content (AvgIpc) is 3.82. The van der Waals surface area contributed by atoms with Gasteiger partial charge in [-0.2, -0.15) is 0 Å². The van der Waals surface area contributed by atoms with Gasteiger partial charge in [0, 0.05) is 70.6 Å². The van der Waals surface area contributed by atoms with Crippen LogP contribution in [-0.4, -0.2) is 44.9 Å². The van der Waals surface area contributed by atoms with E-state index < -0.39 is 0 Å². The van der Waals surface area contributed by atoms with Crippen LogP contribution in [-0.2, 0) is 0 Å². The molecule has 0 amide bonds. The lowest BCUT2D eigenvalue weighted by Crippen LogP contribution is -2.00. The van der Waals surface area contributed by atoms with Crippen LogP contribution in [0.15, 0.2) is 110 Å². The molecule has 9 nitrogen and oxygen atoms in total. The standard InChI is InChI=1S/C30H21N9/c1-7-22(8-2-19(1)25-31-13-14-32-25)28-37-29(23-9-3-20(4-10-23)26-33-15-16-34-26)39-30(38-28)24-11-5-21(6-12-24)27-35-17-18-36-27/h1-18H,(H,31,32)(H,33,34)(H,35,36). The Morgan fingerprint density at radius 2 is 0.590 bits per heavy atom. The number of benzene rings is 3. The molecule has 0 aliphatic rings. The highest BCUT2D eigenvalue weighted by Crippen LogP contribution is 2.28. The Labute approximate surface area is 223 Å². The van der Waals surface area contributed by atoms with Gasteiger partial charge in [0.2, 0.25) is 0 Å². The maximum Gasteiger partial charge on any atom is 0.164 e. The van der Waals surface area contributed by atoms with E-state index in [-0.39, 0.29) is 0 Å². The van der Waals surface area contributed by atoms with Crippen molar-refractivity contribution in [2.75, 3.05) is 0 Å². The van der Waals surface area contributed by atoms with E-state index in [4.69, 9.17) is 15.0 Å². The summed E-state index contributed by atoms with van der Waals surface area (Å²) in [5.41, 5.74) is 5.61. The predicted molar refractivity (Wildman–Crippen MR) is 149 cm³/mol. The van der Waals surface area contributed by atoms with E-state index in [1.165, 1.54) is 0 Å². The molecule has 0 radical (unpaired) electrons. The number of nitrogens with zero attached hydrogens (tertiary/aromatic N) is 6. The average molecular weight is 508 g/mol. The quantitative estimate of drug-likeness (QED) is 0.252. The molecule has 7 rings (SSSR count). The molecule has 4 heterocycles. The van der Waals surface area contributed by atoms with Crippen molar-refractivity contribution in [1.29, 1.82) is 0 Å². The van der Waals surface area contributed by atoms with Crippen molar-refractivity contribution in [2.45, 2.75) is 0 Å². The summed E-state index contributed by atoms with van der Waals surface area (Å²) in [6.07, 6.45) is 10.6. The summed E-state index contributed by atoms with van der Waals surface area (Å²) in [4.78, 5) is 37.0. The summed E-state index contributed by atoms with van der Waals surface area (Å²) in [5.74, 6) is 4.20. The van der Waals surface area contributed by atoms with E-state index in [0.29, 0.717) is 17.5 Å². The third kappa shape index (κ3) is 4.49. The lowest BCUT2D eigenvalue weighted by Gasteiger charge is -2.09. The first-order valence-corrected chi connectivity index (χ1v) is 12.4. The van der Waals surface area contributed by atoms with Crippen LogP contribution in [0.25, 0.3) is 68.3 Å². The Kier molecular flexibility index (Phi) is 5.56. The van der Waals surface area contributed by atoms with Crippen LogP contribution in [0.4, 0.5) is 0 Å². The van der Waals surface area contributed by atoms with Gasteiger partial charge in [0.05, 0.1) is 0 Å². The Bertz CT molecular complexity index is 1570. The topological polar surface area (TPSA) is 125 Å². The first kappa shape index (κ1) is 22.5. The summed E-state index contributed by atoms with van der Waals surface area (Å²) >= 11 is 0. The zero-order valence-corrected chi connectivity index (χ0v) is 20.6. The number of imidazole rings is 3. The smallest absolute Gasteiger partial charge is 0.164 e. The first-order valence-electron chi connectivity index (χ1n) is 12.4. The SMILES string of the molecule is c1c[nH]c(-c2ccc(-c3nc(-c4ccc(-c5ncc[nH]5)cc4)nc(-c4ccc(-c5ncc[nH]5)cc4)n3)cc2)n1. The fraction of sp³-hybridized carbons (Fsp3) is 0. The van der Waals surface area contributed by atoms with Crippen molar-refractivity contribution in [1.82, 2.24) is 44.9 Å². The van der Waals surface area contributed by atoms with Gasteiger partial charge < -0.3 is 15.0 Å². The van der Waals surface area contributed by atoms with Gasteiger partial charge in [-0.25, -0.2) is 29.9 Å². The molecule has 0 fully saturated rings. The van der Waals surface area contributed by atoms with Crippen molar-refractivity contribution in [3.05, 3.63) is 110 Å². The van der Waals surface area contributed by atoms with Crippen molar-refractivity contribution in [2.24, 2.45) is 0 Å². The molecule has 0 atom stereocenters. The zero-order valence-electron chi connectivity index (χ0n) is 20.6. The van der Waals surface area contributed by atoms with Crippen LogP contribution in [0.5, 0.6) is 0 Å². The summed E-state index contributed by atoms with van der Waals surface area (Å²) in [6.45, 7) is 0. The Morgan fingerprint density at radius 1 is 0.333 bits per heavy atom. The lowest BCUT2D eigenvalue weighted by atomic mass is 10.1. The molecule has 0 aliphatic carbocycles. The minimum Gasteiger partial charge on any atom is -0.345 e. The second-order valence-electron chi connectivity index (χ2n) is 8.85. The molecular weight excluding hydrogens is 486 g/mol. The monoisotopic (exact) mass is 507 g/mol. The van der Waals surface area contributed by atoms with Gasteiger partial charge in [0.25, 0.3) is 0 Å². The molecule has 0 saturated carbocycles. The summed E-state index contributed by atoms with van der Waals surface area (Å²) in [5, 5.41) is 0. The number of aromatic nitrogens is 9. The molecular formula is C30H21N9. The third-order valence-electron chi connectivity index (χ3n) is 6.38. The first-order chi connectivity index (χ1) is 19.3. The fourth-order valence-corrected chi connectivity index (χ4v) is 4.36. The van der Waals surface area contributed by atoms with E-state index in [0.717, 1.165) is 50.9 Å². The van der Waals surface area contributed by atoms with Gasteiger partial charge in [-0.1, -0.05) is 72.8 Å². The second kappa shape index (κ2) is 9.64. The minimum atomic E-state index is 0.589.